The van der Waals surface area contributed by atoms with Crippen LogP contribution in [0.1, 0.15) is 56.8 Å². The predicted octanol–water partition coefficient (Wildman–Crippen LogP) is 6.24. The number of carboxylic acid groups (broad SMARTS) is 1. The molecule has 1 aromatic carbocycles. The lowest BCUT2D eigenvalue weighted by Gasteiger charge is -2.52. The van der Waals surface area contributed by atoms with Gasteiger partial charge in [-0.25, -0.2) is 4.98 Å². The highest BCUT2D eigenvalue weighted by atomic mass is 35.5. The number of rotatable bonds is 7. The van der Waals surface area contributed by atoms with E-state index in [-0.39, 0.29) is 6.10 Å². The van der Waals surface area contributed by atoms with Gasteiger partial charge in [-0.15, -0.1) is 0 Å². The number of benzene rings is 1. The molecule has 2 atom stereocenters. The molecule has 0 unspecified atom stereocenters. The quantitative estimate of drug-likeness (QED) is 0.456. The van der Waals surface area contributed by atoms with Crippen LogP contribution in [-0.2, 0) is 4.79 Å². The van der Waals surface area contributed by atoms with E-state index in [0.717, 1.165) is 61.7 Å². The molecular weight excluding hydrogens is 497 g/mol. The number of aliphatic carboxylic acids is 1. The van der Waals surface area contributed by atoms with Crippen molar-refractivity contribution in [3.8, 4) is 5.75 Å². The summed E-state index contributed by atoms with van der Waals surface area (Å²) in [4.78, 5) is 21.1. The van der Waals surface area contributed by atoms with Crippen molar-refractivity contribution in [1.29, 1.82) is 0 Å². The van der Waals surface area contributed by atoms with Gasteiger partial charge in [0.05, 0.1) is 5.41 Å². The largest absolute Gasteiger partial charge is 0.486 e. The van der Waals surface area contributed by atoms with Crippen LogP contribution < -0.4 is 9.64 Å². The molecule has 0 spiro atoms. The van der Waals surface area contributed by atoms with Crippen LogP contribution >= 0.6 is 23.2 Å². The van der Waals surface area contributed by atoms with E-state index in [0.29, 0.717) is 27.9 Å². The number of nitrogens with zero attached hydrogens (tertiary/aromatic N) is 3. The lowest BCUT2D eigenvalue weighted by atomic mass is 9.65. The van der Waals surface area contributed by atoms with Crippen LogP contribution in [0.15, 0.2) is 30.5 Å². The average Bonchev–Trinajstić information content (AvgIpc) is 2.78. The summed E-state index contributed by atoms with van der Waals surface area (Å²) in [6, 6.07) is 7.95. The van der Waals surface area contributed by atoms with Crippen LogP contribution in [0.5, 0.6) is 5.75 Å². The molecule has 2 aliphatic heterocycles. The first-order valence-corrected chi connectivity index (χ1v) is 13.7. The van der Waals surface area contributed by atoms with E-state index in [9.17, 15) is 9.90 Å². The molecule has 2 saturated heterocycles. The van der Waals surface area contributed by atoms with Gasteiger partial charge in [-0.05, 0) is 77.0 Å². The molecule has 3 aliphatic rings. The zero-order valence-electron chi connectivity index (χ0n) is 21.2. The second kappa shape index (κ2) is 10.0. The summed E-state index contributed by atoms with van der Waals surface area (Å²) in [5.41, 5.74) is 1.36. The van der Waals surface area contributed by atoms with Crippen molar-refractivity contribution in [3.05, 3.63) is 51.6 Å². The Balaban J connectivity index is 1.17. The molecule has 0 amide bonds. The third kappa shape index (κ3) is 5.05. The fraction of sp³-hybridized carbons (Fsp3) is 0.571. The van der Waals surface area contributed by atoms with Crippen molar-refractivity contribution in [2.24, 2.45) is 17.3 Å². The summed E-state index contributed by atoms with van der Waals surface area (Å²) >= 11 is 12.4. The Bertz CT molecular complexity index is 1130. The van der Waals surface area contributed by atoms with E-state index >= 15 is 0 Å². The van der Waals surface area contributed by atoms with E-state index in [4.69, 9.17) is 27.9 Å². The minimum absolute atomic E-state index is 0.212. The molecule has 3 heterocycles. The molecule has 1 aromatic heterocycles. The number of hydrogen-bond donors (Lipinski definition) is 1. The summed E-state index contributed by atoms with van der Waals surface area (Å²) in [6.07, 6.45) is 5.69. The lowest BCUT2D eigenvalue weighted by Crippen LogP contribution is -2.58. The van der Waals surface area contributed by atoms with Gasteiger partial charge in [0.1, 0.15) is 17.7 Å². The average molecular weight is 533 g/mol. The van der Waals surface area contributed by atoms with Gasteiger partial charge < -0.3 is 19.6 Å². The maximum atomic E-state index is 11.5. The minimum Gasteiger partial charge on any atom is -0.486 e. The first-order valence-electron chi connectivity index (χ1n) is 12.9. The third-order valence-corrected chi connectivity index (χ3v) is 9.10. The number of anilines is 1. The van der Waals surface area contributed by atoms with Gasteiger partial charge in [0.15, 0.2) is 0 Å². The van der Waals surface area contributed by atoms with Crippen LogP contribution in [0, 0.1) is 24.2 Å². The number of aromatic nitrogens is 1. The van der Waals surface area contributed by atoms with Crippen molar-refractivity contribution < 1.29 is 14.6 Å². The normalized spacial score (nSPS) is 27.8. The first kappa shape index (κ1) is 25.6. The van der Waals surface area contributed by atoms with Gasteiger partial charge in [-0.1, -0.05) is 29.3 Å². The molecule has 194 valence electrons. The topological polar surface area (TPSA) is 65.9 Å². The van der Waals surface area contributed by atoms with Crippen molar-refractivity contribution >= 4 is 35.0 Å². The molecule has 1 N–H and O–H groups in total. The van der Waals surface area contributed by atoms with Gasteiger partial charge in [0.2, 0.25) is 0 Å². The molecule has 5 rings (SSSR count). The van der Waals surface area contributed by atoms with E-state index < -0.39 is 11.4 Å². The molecule has 3 fully saturated rings. The number of ether oxygens (including phenoxy) is 1. The molecule has 2 aromatic rings. The predicted molar refractivity (Wildman–Crippen MR) is 143 cm³/mol. The number of carboxylic acids is 1. The van der Waals surface area contributed by atoms with E-state index in [1.807, 2.05) is 45.2 Å². The van der Waals surface area contributed by atoms with Gasteiger partial charge in [0.25, 0.3) is 0 Å². The highest BCUT2D eigenvalue weighted by Crippen LogP contribution is 2.45. The zero-order valence-corrected chi connectivity index (χ0v) is 22.7. The summed E-state index contributed by atoms with van der Waals surface area (Å²) in [5, 5.41) is 10.7. The molecule has 0 radical (unpaired) electrons. The van der Waals surface area contributed by atoms with Crippen LogP contribution in [-0.4, -0.2) is 53.2 Å². The molecule has 1 aliphatic carbocycles. The number of carbonyl (C=O) groups is 1. The zero-order chi connectivity index (χ0) is 25.6. The monoisotopic (exact) mass is 531 g/mol. The summed E-state index contributed by atoms with van der Waals surface area (Å²) in [7, 11) is 0. The maximum Gasteiger partial charge on any atom is 0.309 e. The Hall–Kier alpha value is -2.02. The van der Waals surface area contributed by atoms with Crippen molar-refractivity contribution in [2.75, 3.05) is 31.1 Å². The van der Waals surface area contributed by atoms with Crippen LogP contribution in [0.2, 0.25) is 10.0 Å². The number of likely N-dealkylation sites (tertiary alicyclic amines) is 1. The van der Waals surface area contributed by atoms with Gasteiger partial charge in [-0.3, -0.25) is 4.79 Å². The highest BCUT2D eigenvalue weighted by molar-refractivity contribution is 6.35. The molecule has 6 nitrogen and oxygen atoms in total. The number of aryl methyl sites for hydroxylation is 1. The van der Waals surface area contributed by atoms with Crippen LogP contribution in [0.4, 0.5) is 5.82 Å². The summed E-state index contributed by atoms with van der Waals surface area (Å²) < 4.78 is 6.30. The fourth-order valence-electron chi connectivity index (χ4n) is 6.05. The second-order valence-corrected chi connectivity index (χ2v) is 12.1. The Morgan fingerprint density at radius 3 is 2.64 bits per heavy atom. The van der Waals surface area contributed by atoms with Crippen molar-refractivity contribution in [1.82, 2.24) is 9.88 Å². The number of hydrogen-bond acceptors (Lipinski definition) is 5. The molecule has 8 heteroatoms. The Morgan fingerprint density at radius 2 is 1.94 bits per heavy atom. The Kier molecular flexibility index (Phi) is 7.14. The van der Waals surface area contributed by atoms with E-state index in [1.54, 1.807) is 6.07 Å². The standard InChI is InChI=1S/C28H35Cl2N3O3/c1-17-13-31-26(10-25(17)36-18(2)23-7-6-21(29)9-24(23)30)33-15-20(16-33)19-5-4-8-32(14-19)22-11-28(3,12-22)27(34)35/h6-7,9-10,13,18-20,22H,4-5,8,11-12,14-16H2,1-3H3,(H,34,35)/t18-,19+,22?,28?/m1/s1. The molecule has 1 saturated carbocycles. The Labute approximate surface area is 223 Å². The summed E-state index contributed by atoms with van der Waals surface area (Å²) in [6.45, 7) is 10.1. The smallest absolute Gasteiger partial charge is 0.309 e. The second-order valence-electron chi connectivity index (χ2n) is 11.2. The highest BCUT2D eigenvalue weighted by Gasteiger charge is 2.49. The van der Waals surface area contributed by atoms with Gasteiger partial charge >= 0.3 is 5.97 Å². The molecule has 0 bridgehead atoms. The maximum absolute atomic E-state index is 11.5. The fourth-order valence-corrected chi connectivity index (χ4v) is 6.61. The van der Waals surface area contributed by atoms with Crippen LogP contribution in [0.3, 0.4) is 0 Å². The SMILES string of the molecule is Cc1cnc(N2CC([C@H]3CCCN(C4CC(C)(C(=O)O)C4)C3)C2)cc1O[C@H](C)c1ccc(Cl)cc1Cl. The molecular formula is C28H35Cl2N3O3. The third-order valence-electron chi connectivity index (χ3n) is 8.54. The lowest BCUT2D eigenvalue weighted by molar-refractivity contribution is -0.158. The molecule has 36 heavy (non-hydrogen) atoms. The number of piperidine rings is 1. The van der Waals surface area contributed by atoms with Gasteiger partial charge in [0, 0.05) is 59.1 Å². The minimum atomic E-state index is -0.651. The van der Waals surface area contributed by atoms with E-state index in [1.165, 1.54) is 12.8 Å². The van der Waals surface area contributed by atoms with Crippen molar-refractivity contribution in [3.63, 3.8) is 0 Å². The summed E-state index contributed by atoms with van der Waals surface area (Å²) in [5.74, 6) is 2.43. The van der Waals surface area contributed by atoms with Gasteiger partial charge in [-0.2, -0.15) is 0 Å². The van der Waals surface area contributed by atoms with Crippen LogP contribution in [0.25, 0.3) is 0 Å². The van der Waals surface area contributed by atoms with E-state index in [2.05, 4.69) is 14.8 Å². The van der Waals surface area contributed by atoms with Crippen molar-refractivity contribution in [2.45, 2.75) is 58.6 Å². The number of halogens is 2. The first-order chi connectivity index (χ1) is 17.1. The number of pyridine rings is 1. The Morgan fingerprint density at radius 1 is 1.19 bits per heavy atom.